The van der Waals surface area contributed by atoms with E-state index in [1.54, 1.807) is 12.3 Å². The van der Waals surface area contributed by atoms with E-state index >= 15 is 0 Å². The lowest BCUT2D eigenvalue weighted by Crippen LogP contribution is -1.73. The Bertz CT molecular complexity index is 103. The molecule has 0 spiro atoms. The lowest BCUT2D eigenvalue weighted by atomic mass is 10.7. The van der Waals surface area contributed by atoms with E-state index in [2.05, 4.69) is 10.5 Å². The van der Waals surface area contributed by atoms with Crippen LogP contribution in [0.1, 0.15) is 0 Å². The van der Waals surface area contributed by atoms with Crippen LogP contribution in [-0.2, 0) is 0 Å². The quantitative estimate of drug-likeness (QED) is 0.429. The fourth-order valence-electron chi connectivity index (χ4n) is 0.217. The van der Waals surface area contributed by atoms with Crippen LogP contribution in [0.15, 0.2) is 17.4 Å². The monoisotopic (exact) mass is 101 g/mol. The topological polar surface area (TPSA) is 26.5 Å². The van der Waals surface area contributed by atoms with Gasteiger partial charge in [0.1, 0.15) is 0 Å². The average molecular weight is 102 g/mol. The summed E-state index contributed by atoms with van der Waals surface area (Å²) in [5.74, 6) is 0. The van der Waals surface area contributed by atoms with Gasteiger partial charge in [0.15, 0.2) is 5.17 Å². The van der Waals surface area contributed by atoms with Gasteiger partial charge in [0.2, 0.25) is 0 Å². The number of allylic oxidation sites excluding steroid dienone is 1. The van der Waals surface area contributed by atoms with Crippen LogP contribution in [0.2, 0.25) is 0 Å². The SMILES string of the molecule is ClC1=N[N]C=C1. The lowest BCUT2D eigenvalue weighted by Gasteiger charge is -1.67. The first-order chi connectivity index (χ1) is 2.89. The Morgan fingerprint density at radius 3 is 2.67 bits per heavy atom. The normalized spacial score (nSPS) is 17.2. The van der Waals surface area contributed by atoms with Crippen LogP contribution in [0.3, 0.4) is 0 Å². The van der Waals surface area contributed by atoms with Crippen LogP contribution in [0.25, 0.3) is 0 Å². The number of hydrogen-bond acceptors (Lipinski definition) is 1. The number of halogens is 1. The summed E-state index contributed by atoms with van der Waals surface area (Å²) in [6.07, 6.45) is 3.17. The van der Waals surface area contributed by atoms with Crippen molar-refractivity contribution in [3.8, 4) is 0 Å². The zero-order valence-corrected chi connectivity index (χ0v) is 3.68. The molecule has 31 valence electrons. The van der Waals surface area contributed by atoms with Gasteiger partial charge in [0.25, 0.3) is 0 Å². The summed E-state index contributed by atoms with van der Waals surface area (Å²) >= 11 is 5.28. The molecular formula is C3H2ClN2. The molecule has 1 radical (unpaired) electrons. The van der Waals surface area contributed by atoms with Gasteiger partial charge in [-0.25, -0.2) is 0 Å². The number of hydrogen-bond donors (Lipinski definition) is 0. The molecule has 0 amide bonds. The molecule has 0 atom stereocenters. The zero-order valence-electron chi connectivity index (χ0n) is 2.93. The van der Waals surface area contributed by atoms with Crippen molar-refractivity contribution >= 4 is 16.8 Å². The van der Waals surface area contributed by atoms with Crippen LogP contribution < -0.4 is 5.43 Å². The summed E-state index contributed by atoms with van der Waals surface area (Å²) in [6.45, 7) is 0. The van der Waals surface area contributed by atoms with E-state index in [0.29, 0.717) is 5.17 Å². The molecule has 0 saturated heterocycles. The minimum atomic E-state index is 0.454. The van der Waals surface area contributed by atoms with E-state index in [1.165, 1.54) is 0 Å². The van der Waals surface area contributed by atoms with Crippen LogP contribution in [0.5, 0.6) is 0 Å². The third-order valence-electron chi connectivity index (χ3n) is 0.432. The van der Waals surface area contributed by atoms with Gasteiger partial charge in [0, 0.05) is 0 Å². The smallest absolute Gasteiger partial charge is 0.153 e. The highest BCUT2D eigenvalue weighted by Crippen LogP contribution is 1.92. The molecule has 0 unspecified atom stereocenters. The maximum Gasteiger partial charge on any atom is 0.153 e. The molecule has 0 aliphatic carbocycles. The molecule has 6 heavy (non-hydrogen) atoms. The van der Waals surface area contributed by atoms with Crippen molar-refractivity contribution in [3.63, 3.8) is 0 Å². The van der Waals surface area contributed by atoms with Crippen molar-refractivity contribution in [2.24, 2.45) is 5.10 Å². The molecule has 3 heteroatoms. The van der Waals surface area contributed by atoms with Gasteiger partial charge < -0.3 is 0 Å². The van der Waals surface area contributed by atoms with E-state index < -0.39 is 0 Å². The molecule has 0 aromatic carbocycles. The highest BCUT2D eigenvalue weighted by atomic mass is 35.5. The molecule has 0 aromatic rings. The molecule has 0 fully saturated rings. The number of rotatable bonds is 0. The third kappa shape index (κ3) is 0.518. The van der Waals surface area contributed by atoms with Crippen molar-refractivity contribution in [2.45, 2.75) is 0 Å². The molecule has 1 aliphatic rings. The third-order valence-corrected chi connectivity index (χ3v) is 0.634. The second-order valence-electron chi connectivity index (χ2n) is 0.854. The summed E-state index contributed by atoms with van der Waals surface area (Å²) in [7, 11) is 0. The minimum absolute atomic E-state index is 0.454. The van der Waals surface area contributed by atoms with Gasteiger partial charge in [-0.2, -0.15) is 5.43 Å². The van der Waals surface area contributed by atoms with Crippen molar-refractivity contribution in [1.29, 1.82) is 0 Å². The summed E-state index contributed by atoms with van der Waals surface area (Å²) in [6, 6.07) is 0. The van der Waals surface area contributed by atoms with Gasteiger partial charge in [-0.15, -0.1) is 5.10 Å². The van der Waals surface area contributed by atoms with Crippen LogP contribution in [0, 0.1) is 0 Å². The standard InChI is InChI=1S/C3H2ClN2/c4-3-1-2-5-6-3/h1-2H. The molecular weight excluding hydrogens is 99.5 g/mol. The first-order valence-corrected chi connectivity index (χ1v) is 1.87. The van der Waals surface area contributed by atoms with E-state index in [0.717, 1.165) is 0 Å². The van der Waals surface area contributed by atoms with Gasteiger partial charge >= 0.3 is 0 Å². The van der Waals surface area contributed by atoms with Gasteiger partial charge in [-0.3, -0.25) is 0 Å². The predicted octanol–water partition coefficient (Wildman–Crippen LogP) is 0.670. The van der Waals surface area contributed by atoms with Crippen LogP contribution in [0.4, 0.5) is 0 Å². The summed E-state index contributed by atoms with van der Waals surface area (Å²) in [5.41, 5.74) is 3.44. The largest absolute Gasteiger partial charge is 0.158 e. The van der Waals surface area contributed by atoms with E-state index in [9.17, 15) is 0 Å². The van der Waals surface area contributed by atoms with Crippen molar-refractivity contribution < 1.29 is 0 Å². The Morgan fingerprint density at radius 2 is 2.50 bits per heavy atom. The Hall–Kier alpha value is -0.500. The Labute approximate surface area is 40.5 Å². The van der Waals surface area contributed by atoms with E-state index in [1.807, 2.05) is 0 Å². The minimum Gasteiger partial charge on any atom is -0.158 e. The molecule has 1 rings (SSSR count). The van der Waals surface area contributed by atoms with Crippen molar-refractivity contribution in [3.05, 3.63) is 12.3 Å². The van der Waals surface area contributed by atoms with Gasteiger partial charge in [-0.05, 0) is 6.08 Å². The first-order valence-electron chi connectivity index (χ1n) is 1.49. The molecule has 0 bridgehead atoms. The zero-order chi connectivity index (χ0) is 4.41. The van der Waals surface area contributed by atoms with Gasteiger partial charge in [-0.1, -0.05) is 11.6 Å². The maximum absolute atomic E-state index is 5.28. The maximum atomic E-state index is 5.28. The van der Waals surface area contributed by atoms with E-state index in [4.69, 9.17) is 11.6 Å². The molecule has 0 N–H and O–H groups in total. The van der Waals surface area contributed by atoms with Crippen LogP contribution in [-0.4, -0.2) is 5.17 Å². The molecule has 0 saturated carbocycles. The lowest BCUT2D eigenvalue weighted by molar-refractivity contribution is 0.975. The van der Waals surface area contributed by atoms with Crippen molar-refractivity contribution in [2.75, 3.05) is 0 Å². The number of nitrogens with zero attached hydrogens (tertiary/aromatic N) is 2. The van der Waals surface area contributed by atoms with Crippen LogP contribution >= 0.6 is 11.6 Å². The first kappa shape index (κ1) is 3.68. The average Bonchev–Trinajstić information content (AvgIpc) is 1.86. The summed E-state index contributed by atoms with van der Waals surface area (Å²) in [5, 5.41) is 3.89. The van der Waals surface area contributed by atoms with Gasteiger partial charge in [0.05, 0.1) is 6.20 Å². The fraction of sp³-hybridized carbons (Fsp3) is 0. The molecule has 2 nitrogen and oxygen atoms in total. The molecule has 1 heterocycles. The highest BCUT2D eigenvalue weighted by Gasteiger charge is 1.90. The van der Waals surface area contributed by atoms with E-state index in [-0.39, 0.29) is 0 Å². The fourth-order valence-corrected chi connectivity index (χ4v) is 0.317. The summed E-state index contributed by atoms with van der Waals surface area (Å²) < 4.78 is 0. The highest BCUT2D eigenvalue weighted by molar-refractivity contribution is 6.68. The van der Waals surface area contributed by atoms with Crippen molar-refractivity contribution in [1.82, 2.24) is 5.43 Å². The second kappa shape index (κ2) is 1.30. The summed E-state index contributed by atoms with van der Waals surface area (Å²) in [4.78, 5) is 0. The Kier molecular flexibility index (Phi) is 0.801. The molecule has 1 aliphatic heterocycles. The molecule has 0 aromatic heterocycles. The Morgan fingerprint density at radius 1 is 1.67 bits per heavy atom. The Balaban J connectivity index is 2.68. The second-order valence-corrected chi connectivity index (χ2v) is 1.24. The predicted molar refractivity (Wildman–Crippen MR) is 24.6 cm³/mol.